The van der Waals surface area contributed by atoms with Crippen molar-refractivity contribution >= 4 is 46.4 Å². The summed E-state index contributed by atoms with van der Waals surface area (Å²) >= 11 is 11.4. The zero-order chi connectivity index (χ0) is 21.0. The fourth-order valence-electron chi connectivity index (χ4n) is 3.31. The Morgan fingerprint density at radius 3 is 2.45 bits per heavy atom. The second-order valence-corrected chi connectivity index (χ2v) is 7.43. The van der Waals surface area contributed by atoms with Gasteiger partial charge in [-0.3, -0.25) is 9.59 Å². The zero-order valence-corrected chi connectivity index (χ0v) is 17.8. The summed E-state index contributed by atoms with van der Waals surface area (Å²) in [6.45, 7) is 0.501. The van der Waals surface area contributed by atoms with E-state index in [1.165, 1.54) is 4.90 Å². The number of thiocarbonyl (C=S) groups is 1. The summed E-state index contributed by atoms with van der Waals surface area (Å²) in [6, 6.07) is 13.7. The predicted octanol–water partition coefficient (Wildman–Crippen LogP) is 3.03. The SMILES string of the molecule is CNC(=S)N(CCc1ccc(Cl)cc1)C1CC(=O)N(c2ccc(OC)cc2)C1=O. The number of halogens is 1. The van der Waals surface area contributed by atoms with Gasteiger partial charge in [0, 0.05) is 18.6 Å². The molecule has 2 aromatic rings. The largest absolute Gasteiger partial charge is 0.497 e. The molecule has 2 amide bonds. The van der Waals surface area contributed by atoms with Gasteiger partial charge in [-0.05, 0) is 60.6 Å². The molecule has 0 aliphatic carbocycles. The van der Waals surface area contributed by atoms with E-state index in [0.717, 1.165) is 5.56 Å². The van der Waals surface area contributed by atoms with E-state index in [1.54, 1.807) is 43.3 Å². The Morgan fingerprint density at radius 2 is 1.86 bits per heavy atom. The Kier molecular flexibility index (Phi) is 6.71. The Hall–Kier alpha value is -2.64. The van der Waals surface area contributed by atoms with Gasteiger partial charge < -0.3 is 15.0 Å². The molecule has 29 heavy (non-hydrogen) atoms. The van der Waals surface area contributed by atoms with Gasteiger partial charge in [-0.2, -0.15) is 0 Å². The molecule has 0 aromatic heterocycles. The number of nitrogens with zero attached hydrogens (tertiary/aromatic N) is 2. The Balaban J connectivity index is 1.78. The minimum atomic E-state index is -0.642. The first-order valence-electron chi connectivity index (χ1n) is 9.18. The van der Waals surface area contributed by atoms with Crippen LogP contribution in [0.1, 0.15) is 12.0 Å². The van der Waals surface area contributed by atoms with Crippen LogP contribution < -0.4 is 15.0 Å². The van der Waals surface area contributed by atoms with Gasteiger partial charge in [0.25, 0.3) is 5.91 Å². The number of carbonyl (C=O) groups excluding carboxylic acids is 2. The maximum atomic E-state index is 13.1. The number of imide groups is 1. The number of amides is 2. The number of rotatable bonds is 6. The van der Waals surface area contributed by atoms with Gasteiger partial charge in [-0.25, -0.2) is 4.90 Å². The van der Waals surface area contributed by atoms with Crippen LogP contribution in [-0.2, 0) is 16.0 Å². The maximum Gasteiger partial charge on any atom is 0.257 e. The number of benzene rings is 2. The molecule has 1 fully saturated rings. The Morgan fingerprint density at radius 1 is 1.21 bits per heavy atom. The average Bonchev–Trinajstić information content (AvgIpc) is 3.03. The van der Waals surface area contributed by atoms with Gasteiger partial charge in [0.05, 0.1) is 19.2 Å². The van der Waals surface area contributed by atoms with Crippen molar-refractivity contribution in [3.8, 4) is 5.75 Å². The molecule has 6 nitrogen and oxygen atoms in total. The van der Waals surface area contributed by atoms with Crippen molar-refractivity contribution in [1.82, 2.24) is 10.2 Å². The monoisotopic (exact) mass is 431 g/mol. The molecule has 1 unspecified atom stereocenters. The molecule has 0 spiro atoms. The van der Waals surface area contributed by atoms with Crippen LogP contribution in [0.4, 0.5) is 5.69 Å². The van der Waals surface area contributed by atoms with Gasteiger partial charge in [-0.15, -0.1) is 0 Å². The molecule has 3 rings (SSSR count). The molecule has 1 aliphatic rings. The van der Waals surface area contributed by atoms with Gasteiger partial charge in [0.1, 0.15) is 11.8 Å². The third-order valence-electron chi connectivity index (χ3n) is 4.86. The molecule has 1 aliphatic heterocycles. The molecule has 1 saturated heterocycles. The maximum absolute atomic E-state index is 13.1. The van der Waals surface area contributed by atoms with Crippen LogP contribution >= 0.6 is 23.8 Å². The Bertz CT molecular complexity index is 902. The molecule has 1 heterocycles. The molecule has 2 aromatic carbocycles. The number of anilines is 1. The third-order valence-corrected chi connectivity index (χ3v) is 5.55. The fourth-order valence-corrected chi connectivity index (χ4v) is 3.65. The van der Waals surface area contributed by atoms with Crippen molar-refractivity contribution in [2.24, 2.45) is 0 Å². The van der Waals surface area contributed by atoms with Crippen molar-refractivity contribution in [2.45, 2.75) is 18.9 Å². The molecule has 152 valence electrons. The van der Waals surface area contributed by atoms with Crippen LogP contribution in [0.15, 0.2) is 48.5 Å². The van der Waals surface area contributed by atoms with Crippen molar-refractivity contribution in [3.05, 3.63) is 59.1 Å². The minimum absolute atomic E-state index is 0.0767. The van der Waals surface area contributed by atoms with Crippen molar-refractivity contribution in [2.75, 3.05) is 25.6 Å². The van der Waals surface area contributed by atoms with Gasteiger partial charge in [-0.1, -0.05) is 23.7 Å². The summed E-state index contributed by atoms with van der Waals surface area (Å²) < 4.78 is 5.14. The van der Waals surface area contributed by atoms with Gasteiger partial charge in [0.2, 0.25) is 5.91 Å². The van der Waals surface area contributed by atoms with Crippen LogP contribution in [0.2, 0.25) is 5.02 Å². The van der Waals surface area contributed by atoms with E-state index >= 15 is 0 Å². The van der Waals surface area contributed by atoms with E-state index in [2.05, 4.69) is 5.32 Å². The van der Waals surface area contributed by atoms with Gasteiger partial charge >= 0.3 is 0 Å². The van der Waals surface area contributed by atoms with E-state index in [9.17, 15) is 9.59 Å². The molecule has 0 radical (unpaired) electrons. The third kappa shape index (κ3) is 4.68. The summed E-state index contributed by atoms with van der Waals surface area (Å²) in [7, 11) is 3.27. The number of methoxy groups -OCH3 is 1. The van der Waals surface area contributed by atoms with Crippen molar-refractivity contribution in [3.63, 3.8) is 0 Å². The normalized spacial score (nSPS) is 16.1. The van der Waals surface area contributed by atoms with Gasteiger partial charge in [0.15, 0.2) is 5.11 Å². The highest BCUT2D eigenvalue weighted by Gasteiger charge is 2.43. The summed E-state index contributed by atoms with van der Waals surface area (Å²) in [4.78, 5) is 28.8. The average molecular weight is 432 g/mol. The molecular weight excluding hydrogens is 410 g/mol. The topological polar surface area (TPSA) is 61.9 Å². The predicted molar refractivity (Wildman–Crippen MR) is 117 cm³/mol. The number of nitrogens with one attached hydrogen (secondary N) is 1. The number of hydrogen-bond donors (Lipinski definition) is 1. The fraction of sp³-hybridized carbons (Fsp3) is 0.286. The van der Waals surface area contributed by atoms with Crippen LogP contribution in [0.25, 0.3) is 0 Å². The summed E-state index contributed by atoms with van der Waals surface area (Å²) in [6.07, 6.45) is 0.743. The van der Waals surface area contributed by atoms with Crippen LogP contribution in [0, 0.1) is 0 Å². The zero-order valence-electron chi connectivity index (χ0n) is 16.2. The lowest BCUT2D eigenvalue weighted by molar-refractivity contribution is -0.122. The highest BCUT2D eigenvalue weighted by Crippen LogP contribution is 2.27. The van der Waals surface area contributed by atoms with Crippen LogP contribution in [0.5, 0.6) is 5.75 Å². The van der Waals surface area contributed by atoms with Crippen LogP contribution in [0.3, 0.4) is 0 Å². The lowest BCUT2D eigenvalue weighted by atomic mass is 10.1. The van der Waals surface area contributed by atoms with E-state index in [0.29, 0.717) is 34.5 Å². The number of carbonyl (C=O) groups is 2. The van der Waals surface area contributed by atoms with E-state index < -0.39 is 6.04 Å². The summed E-state index contributed by atoms with van der Waals surface area (Å²) in [5.74, 6) is 0.125. The van der Waals surface area contributed by atoms with E-state index in [4.69, 9.17) is 28.6 Å². The Labute approximate surface area is 180 Å². The first-order valence-corrected chi connectivity index (χ1v) is 9.97. The summed E-state index contributed by atoms with van der Waals surface area (Å²) in [5.41, 5.74) is 1.60. The minimum Gasteiger partial charge on any atom is -0.497 e. The van der Waals surface area contributed by atoms with E-state index in [1.807, 2.05) is 24.3 Å². The number of hydrogen-bond acceptors (Lipinski definition) is 4. The number of ether oxygens (including phenoxy) is 1. The highest BCUT2D eigenvalue weighted by atomic mass is 35.5. The second kappa shape index (κ2) is 9.24. The molecule has 8 heteroatoms. The first-order chi connectivity index (χ1) is 13.9. The standard InChI is InChI=1S/C21H22ClN3O3S/c1-23-21(29)24(12-11-14-3-5-15(22)6-4-14)18-13-19(26)25(20(18)27)16-7-9-17(28-2)10-8-16/h3-10,18H,11-13H2,1-2H3,(H,23,29). The summed E-state index contributed by atoms with van der Waals surface area (Å²) in [5, 5.41) is 4.03. The molecule has 1 atom stereocenters. The molecular formula is C21H22ClN3O3S. The lowest BCUT2D eigenvalue weighted by Gasteiger charge is -2.29. The van der Waals surface area contributed by atoms with Crippen molar-refractivity contribution < 1.29 is 14.3 Å². The van der Waals surface area contributed by atoms with Crippen LogP contribution in [-0.4, -0.2) is 48.6 Å². The first kappa shape index (κ1) is 21.1. The quantitative estimate of drug-likeness (QED) is 0.560. The molecule has 0 saturated carbocycles. The molecule has 1 N–H and O–H groups in total. The van der Waals surface area contributed by atoms with E-state index in [-0.39, 0.29) is 18.2 Å². The lowest BCUT2D eigenvalue weighted by Crippen LogP contribution is -2.49. The second-order valence-electron chi connectivity index (χ2n) is 6.61. The van der Waals surface area contributed by atoms with Crippen molar-refractivity contribution in [1.29, 1.82) is 0 Å². The highest BCUT2D eigenvalue weighted by molar-refractivity contribution is 7.80. The molecule has 0 bridgehead atoms. The smallest absolute Gasteiger partial charge is 0.257 e.